The third-order valence-corrected chi connectivity index (χ3v) is 9.64. The van der Waals surface area contributed by atoms with Crippen LogP contribution in [0.1, 0.15) is 30.4 Å². The average Bonchev–Trinajstić information content (AvgIpc) is 3.17. The lowest BCUT2D eigenvalue weighted by molar-refractivity contribution is -0.110. The molecule has 3 aromatic rings. The lowest BCUT2D eigenvalue weighted by Crippen LogP contribution is -2.38. The number of anilines is 3. The van der Waals surface area contributed by atoms with Crippen LogP contribution in [0.3, 0.4) is 0 Å². The van der Waals surface area contributed by atoms with Crippen molar-refractivity contribution >= 4 is 44.3 Å². The molecule has 3 aromatic carbocycles. The van der Waals surface area contributed by atoms with Crippen molar-refractivity contribution in [3.63, 3.8) is 0 Å². The van der Waals surface area contributed by atoms with Crippen LogP contribution in [0.4, 0.5) is 17.1 Å². The number of hydrogen-bond donors (Lipinski definition) is 3. The number of nitrogens with one attached hydrogen (secondary N) is 3. The van der Waals surface area contributed by atoms with Gasteiger partial charge >= 0.3 is 0 Å². The number of carbonyl (C=O) groups excluding carboxylic acids is 1. The maximum absolute atomic E-state index is 13.4. The molecule has 3 aliphatic heterocycles. The van der Waals surface area contributed by atoms with Gasteiger partial charge in [0.1, 0.15) is 0 Å². The van der Waals surface area contributed by atoms with Gasteiger partial charge in [-0.2, -0.15) is 0 Å². The summed E-state index contributed by atoms with van der Waals surface area (Å²) in [5.74, 6) is -0.284. The van der Waals surface area contributed by atoms with Crippen LogP contribution in [0, 0.1) is 0 Å². The summed E-state index contributed by atoms with van der Waals surface area (Å²) in [5.41, 5.74) is 4.97. The molecule has 10 heteroatoms. The van der Waals surface area contributed by atoms with Gasteiger partial charge < -0.3 is 25.2 Å². The number of likely N-dealkylation sites (N-methyl/N-ethyl adjacent to an activating group) is 1. The molecule has 1 amide bonds. The minimum Gasteiger partial charge on any atom is -0.381 e. The Morgan fingerprint density at radius 1 is 0.929 bits per heavy atom. The minimum atomic E-state index is -3.79. The summed E-state index contributed by atoms with van der Waals surface area (Å²) in [4.78, 5) is 18.3. The van der Waals surface area contributed by atoms with Crippen molar-refractivity contribution in [2.75, 3.05) is 62.0 Å². The fourth-order valence-corrected chi connectivity index (χ4v) is 7.08. The van der Waals surface area contributed by atoms with Gasteiger partial charge in [0, 0.05) is 61.5 Å². The predicted molar refractivity (Wildman–Crippen MR) is 167 cm³/mol. The zero-order valence-corrected chi connectivity index (χ0v) is 24.6. The number of rotatable bonds is 7. The molecule has 0 unspecified atom stereocenters. The van der Waals surface area contributed by atoms with E-state index in [4.69, 9.17) is 4.74 Å². The largest absolute Gasteiger partial charge is 0.381 e. The van der Waals surface area contributed by atoms with E-state index >= 15 is 0 Å². The Kier molecular flexibility index (Phi) is 8.30. The number of fused-ring (bicyclic) bond motifs is 1. The Bertz CT molecular complexity index is 1570. The van der Waals surface area contributed by atoms with Crippen LogP contribution in [0.25, 0.3) is 11.3 Å². The fraction of sp³-hybridized carbons (Fsp3) is 0.344. The lowest BCUT2D eigenvalue weighted by atomic mass is 10.00. The van der Waals surface area contributed by atoms with Crippen LogP contribution in [-0.4, -0.2) is 71.7 Å². The van der Waals surface area contributed by atoms with E-state index in [2.05, 4.69) is 44.3 Å². The van der Waals surface area contributed by atoms with Gasteiger partial charge in [0.15, 0.2) is 0 Å². The Balaban J connectivity index is 1.34. The number of hydrogen-bond acceptors (Lipinski definition) is 7. The maximum atomic E-state index is 13.4. The third-order valence-electron chi connectivity index (χ3n) is 8.12. The number of amides is 1. The summed E-state index contributed by atoms with van der Waals surface area (Å²) in [6, 6.07) is 22.5. The Morgan fingerprint density at radius 3 is 2.45 bits per heavy atom. The first-order chi connectivity index (χ1) is 20.4. The molecule has 0 aromatic heterocycles. The molecule has 2 fully saturated rings. The van der Waals surface area contributed by atoms with Gasteiger partial charge in [-0.05, 0) is 80.9 Å². The number of benzene rings is 3. The van der Waals surface area contributed by atoms with Gasteiger partial charge in [-0.25, -0.2) is 13.1 Å². The van der Waals surface area contributed by atoms with E-state index in [1.807, 2.05) is 42.5 Å². The molecule has 220 valence electrons. The number of sulfonamides is 1. The van der Waals surface area contributed by atoms with Crippen LogP contribution in [-0.2, 0) is 19.6 Å². The topological polar surface area (TPSA) is 103 Å². The molecule has 3 aliphatic rings. The summed E-state index contributed by atoms with van der Waals surface area (Å²) in [6.45, 7) is 5.19. The van der Waals surface area contributed by atoms with Crippen molar-refractivity contribution in [1.29, 1.82) is 0 Å². The molecule has 6 rings (SSSR count). The molecule has 0 spiro atoms. The van der Waals surface area contributed by atoms with Gasteiger partial charge in [-0.15, -0.1) is 0 Å². The van der Waals surface area contributed by atoms with Crippen LogP contribution in [0.15, 0.2) is 77.7 Å². The highest BCUT2D eigenvalue weighted by atomic mass is 32.2. The highest BCUT2D eigenvalue weighted by Crippen LogP contribution is 2.39. The van der Waals surface area contributed by atoms with Gasteiger partial charge in [-0.1, -0.05) is 30.3 Å². The van der Waals surface area contributed by atoms with Crippen LogP contribution in [0.2, 0.25) is 0 Å². The first-order valence-electron chi connectivity index (χ1n) is 14.5. The Labute approximate surface area is 247 Å². The zero-order valence-electron chi connectivity index (χ0n) is 23.8. The monoisotopic (exact) mass is 587 g/mol. The lowest BCUT2D eigenvalue weighted by Gasteiger charge is -2.23. The molecule has 42 heavy (non-hydrogen) atoms. The smallest absolute Gasteiger partial charge is 0.258 e. The fourth-order valence-electron chi connectivity index (χ4n) is 5.75. The molecule has 0 bridgehead atoms. The van der Waals surface area contributed by atoms with Crippen LogP contribution < -0.4 is 20.3 Å². The SMILES string of the molecule is CN1CCCN(c2ccc(N/C(=C3\C(=O)Nc4ccc(S(=O)(=O)NC5CCOCC5)cc43)c3ccccc3)cc2)CC1. The van der Waals surface area contributed by atoms with Crippen LogP contribution >= 0.6 is 0 Å². The van der Waals surface area contributed by atoms with E-state index in [9.17, 15) is 13.2 Å². The van der Waals surface area contributed by atoms with E-state index in [0.717, 1.165) is 43.9 Å². The standard InChI is InChI=1S/C32H37N5O4S/c1-36-16-5-17-37(19-18-36)26-10-8-24(9-11-26)33-31(23-6-3-2-4-7-23)30-28-22-27(12-13-29(28)34-32(30)38)42(39,40)35-25-14-20-41-21-15-25/h2-4,6-13,22,25,33,35H,5,14-21H2,1H3,(H,34,38)/b31-30-. The average molecular weight is 588 g/mol. The zero-order chi connectivity index (χ0) is 29.1. The predicted octanol–water partition coefficient (Wildman–Crippen LogP) is 4.22. The van der Waals surface area contributed by atoms with Gasteiger partial charge in [0.25, 0.3) is 5.91 Å². The molecule has 0 radical (unpaired) electrons. The summed E-state index contributed by atoms with van der Waals surface area (Å²) >= 11 is 0. The molecule has 0 aliphatic carbocycles. The summed E-state index contributed by atoms with van der Waals surface area (Å²) in [5, 5.41) is 6.42. The van der Waals surface area contributed by atoms with Gasteiger partial charge in [-0.3, -0.25) is 4.79 Å². The van der Waals surface area contributed by atoms with E-state index in [1.54, 1.807) is 18.2 Å². The molecule has 9 nitrogen and oxygen atoms in total. The maximum Gasteiger partial charge on any atom is 0.258 e. The molecule has 3 N–H and O–H groups in total. The molecule has 3 heterocycles. The number of carbonyl (C=O) groups is 1. The molecular formula is C32H37N5O4S. The summed E-state index contributed by atoms with van der Waals surface area (Å²) in [6.07, 6.45) is 2.38. The molecule has 0 saturated carbocycles. The highest BCUT2D eigenvalue weighted by molar-refractivity contribution is 7.89. The van der Waals surface area contributed by atoms with E-state index < -0.39 is 10.0 Å². The quantitative estimate of drug-likeness (QED) is 0.356. The van der Waals surface area contributed by atoms with Crippen molar-refractivity contribution in [1.82, 2.24) is 9.62 Å². The van der Waals surface area contributed by atoms with Gasteiger partial charge in [0.2, 0.25) is 10.0 Å². The second-order valence-corrected chi connectivity index (χ2v) is 12.8. The molecular weight excluding hydrogens is 550 g/mol. The third kappa shape index (κ3) is 6.22. The Hall–Kier alpha value is -3.70. The number of ether oxygens (including phenoxy) is 1. The Morgan fingerprint density at radius 2 is 1.69 bits per heavy atom. The number of nitrogens with zero attached hydrogens (tertiary/aromatic N) is 2. The first-order valence-corrected chi connectivity index (χ1v) is 16.0. The van der Waals surface area contributed by atoms with E-state index in [1.165, 1.54) is 5.69 Å². The molecule has 2 saturated heterocycles. The van der Waals surface area contributed by atoms with E-state index in [-0.39, 0.29) is 16.8 Å². The highest BCUT2D eigenvalue weighted by Gasteiger charge is 2.31. The normalized spacial score (nSPS) is 19.6. The minimum absolute atomic E-state index is 0.126. The summed E-state index contributed by atoms with van der Waals surface area (Å²) in [7, 11) is -1.63. The van der Waals surface area contributed by atoms with Crippen molar-refractivity contribution in [2.24, 2.45) is 0 Å². The van der Waals surface area contributed by atoms with Crippen molar-refractivity contribution in [3.8, 4) is 0 Å². The van der Waals surface area contributed by atoms with Crippen molar-refractivity contribution in [3.05, 3.63) is 83.9 Å². The second kappa shape index (κ2) is 12.3. The van der Waals surface area contributed by atoms with Crippen molar-refractivity contribution in [2.45, 2.75) is 30.2 Å². The van der Waals surface area contributed by atoms with Crippen LogP contribution in [0.5, 0.6) is 0 Å². The van der Waals surface area contributed by atoms with Gasteiger partial charge in [0.05, 0.1) is 16.2 Å². The van der Waals surface area contributed by atoms with E-state index in [0.29, 0.717) is 48.6 Å². The molecule has 0 atom stereocenters. The first kappa shape index (κ1) is 28.4. The summed E-state index contributed by atoms with van der Waals surface area (Å²) < 4.78 is 34.8. The van der Waals surface area contributed by atoms with Crippen molar-refractivity contribution < 1.29 is 17.9 Å². The second-order valence-electron chi connectivity index (χ2n) is 11.1.